The molecule has 0 saturated carbocycles. The number of nitrogens with zero attached hydrogens (tertiary/aromatic N) is 1. The second-order valence-electron chi connectivity index (χ2n) is 7.43. The molecule has 7 heteroatoms. The zero-order valence-electron chi connectivity index (χ0n) is 17.2. The first kappa shape index (κ1) is 21.7. The summed E-state index contributed by atoms with van der Waals surface area (Å²) in [5, 5.41) is 0.377. The number of aromatic nitrogens is 1. The molecule has 32 heavy (non-hydrogen) atoms. The van der Waals surface area contributed by atoms with Crippen LogP contribution >= 0.6 is 11.6 Å². The number of ether oxygens (including phenoxy) is 2. The molecule has 0 aliphatic carbocycles. The van der Waals surface area contributed by atoms with Gasteiger partial charge in [0.2, 0.25) is 0 Å². The minimum atomic E-state index is -0.578. The SMILES string of the molecule is NC(=O)c1c(-c2ccccc2)ccnc1C=Cc1cc(OCC2COC2)c(C=O)cc1Cl. The predicted octanol–water partition coefficient (Wildman–Crippen LogP) is 4.51. The molecule has 0 radical (unpaired) electrons. The monoisotopic (exact) mass is 448 g/mol. The van der Waals surface area contributed by atoms with Crippen LogP contribution in [0, 0.1) is 5.92 Å². The maximum Gasteiger partial charge on any atom is 0.251 e. The maximum atomic E-state index is 12.3. The summed E-state index contributed by atoms with van der Waals surface area (Å²) >= 11 is 6.38. The summed E-state index contributed by atoms with van der Waals surface area (Å²) < 4.78 is 11.0. The van der Waals surface area contributed by atoms with Gasteiger partial charge < -0.3 is 15.2 Å². The number of hydrogen-bond donors (Lipinski definition) is 1. The normalized spacial score (nSPS) is 13.7. The molecule has 2 N–H and O–H groups in total. The molecule has 2 heterocycles. The summed E-state index contributed by atoms with van der Waals surface area (Å²) in [6, 6.07) is 14.5. The molecule has 0 atom stereocenters. The molecule has 3 aromatic rings. The van der Waals surface area contributed by atoms with E-state index >= 15 is 0 Å². The van der Waals surface area contributed by atoms with Gasteiger partial charge in [-0.2, -0.15) is 0 Å². The van der Waals surface area contributed by atoms with Crippen molar-refractivity contribution in [1.29, 1.82) is 0 Å². The number of nitrogens with two attached hydrogens (primary N) is 1. The van der Waals surface area contributed by atoms with E-state index < -0.39 is 5.91 Å². The van der Waals surface area contributed by atoms with Gasteiger partial charge in [0, 0.05) is 17.1 Å². The summed E-state index contributed by atoms with van der Waals surface area (Å²) in [4.78, 5) is 28.0. The number of aldehydes is 1. The number of hydrogen-bond acceptors (Lipinski definition) is 5. The molecule has 0 spiro atoms. The molecule has 1 saturated heterocycles. The van der Waals surface area contributed by atoms with Crippen LogP contribution in [0.15, 0.2) is 54.7 Å². The van der Waals surface area contributed by atoms with Crippen molar-refractivity contribution < 1.29 is 19.1 Å². The number of primary amides is 1. The van der Waals surface area contributed by atoms with Crippen molar-refractivity contribution in [2.75, 3.05) is 19.8 Å². The fourth-order valence-corrected chi connectivity index (χ4v) is 3.64. The number of benzene rings is 2. The quantitative estimate of drug-likeness (QED) is 0.512. The Bertz CT molecular complexity index is 1170. The summed E-state index contributed by atoms with van der Waals surface area (Å²) in [6.07, 6.45) is 5.74. The number of carbonyl (C=O) groups excluding carboxylic acids is 2. The average Bonchev–Trinajstić information content (AvgIpc) is 2.78. The van der Waals surface area contributed by atoms with E-state index in [1.54, 1.807) is 36.5 Å². The second kappa shape index (κ2) is 9.77. The summed E-state index contributed by atoms with van der Waals surface area (Å²) in [6.45, 7) is 1.75. The Morgan fingerprint density at radius 1 is 1.16 bits per heavy atom. The van der Waals surface area contributed by atoms with E-state index in [0.717, 1.165) is 5.56 Å². The number of carbonyl (C=O) groups is 2. The molecular formula is C25H21ClN2O4. The Hall–Kier alpha value is -3.48. The first-order valence-corrected chi connectivity index (χ1v) is 10.5. The molecule has 0 unspecified atom stereocenters. The fraction of sp³-hybridized carbons (Fsp3) is 0.160. The third-order valence-corrected chi connectivity index (χ3v) is 5.50. The Morgan fingerprint density at radius 3 is 2.59 bits per heavy atom. The highest BCUT2D eigenvalue weighted by Gasteiger charge is 2.20. The minimum absolute atomic E-state index is 0.312. The molecule has 6 nitrogen and oxygen atoms in total. The third kappa shape index (κ3) is 4.72. The van der Waals surface area contributed by atoms with Crippen LogP contribution in [0.1, 0.15) is 32.0 Å². The van der Waals surface area contributed by atoms with Gasteiger partial charge in [-0.1, -0.05) is 48.0 Å². The van der Waals surface area contributed by atoms with Gasteiger partial charge in [-0.15, -0.1) is 0 Å². The lowest BCUT2D eigenvalue weighted by atomic mass is 9.98. The molecule has 162 valence electrons. The van der Waals surface area contributed by atoms with E-state index in [0.29, 0.717) is 70.7 Å². The molecular weight excluding hydrogens is 428 g/mol. The largest absolute Gasteiger partial charge is 0.492 e. The van der Waals surface area contributed by atoms with Gasteiger partial charge in [-0.3, -0.25) is 14.6 Å². The minimum Gasteiger partial charge on any atom is -0.492 e. The van der Waals surface area contributed by atoms with Crippen LogP contribution in [0.25, 0.3) is 23.3 Å². The first-order valence-electron chi connectivity index (χ1n) is 10.1. The second-order valence-corrected chi connectivity index (χ2v) is 7.83. The molecule has 2 aromatic carbocycles. The van der Waals surface area contributed by atoms with Crippen LogP contribution < -0.4 is 10.5 Å². The zero-order chi connectivity index (χ0) is 22.5. The lowest BCUT2D eigenvalue weighted by Crippen LogP contribution is -2.32. The molecule has 0 bridgehead atoms. The van der Waals surface area contributed by atoms with Gasteiger partial charge in [0.1, 0.15) is 5.75 Å². The van der Waals surface area contributed by atoms with Crippen LogP contribution in [-0.4, -0.2) is 37.0 Å². The van der Waals surface area contributed by atoms with Gasteiger partial charge in [-0.05, 0) is 41.0 Å². The van der Waals surface area contributed by atoms with Crippen molar-refractivity contribution in [2.45, 2.75) is 0 Å². The average molecular weight is 449 g/mol. The van der Waals surface area contributed by atoms with E-state index in [1.807, 2.05) is 30.3 Å². The van der Waals surface area contributed by atoms with Gasteiger partial charge in [0.15, 0.2) is 6.29 Å². The Kier molecular flexibility index (Phi) is 6.63. The topological polar surface area (TPSA) is 91.5 Å². The third-order valence-electron chi connectivity index (χ3n) is 5.17. The van der Waals surface area contributed by atoms with Crippen LogP contribution in [0.5, 0.6) is 5.75 Å². The van der Waals surface area contributed by atoms with Crippen molar-refractivity contribution >= 4 is 35.9 Å². The van der Waals surface area contributed by atoms with Crippen molar-refractivity contribution in [1.82, 2.24) is 4.98 Å². The highest BCUT2D eigenvalue weighted by atomic mass is 35.5. The number of rotatable bonds is 8. The van der Waals surface area contributed by atoms with E-state index in [-0.39, 0.29) is 0 Å². The van der Waals surface area contributed by atoms with E-state index in [4.69, 9.17) is 26.8 Å². The Balaban J connectivity index is 1.68. The van der Waals surface area contributed by atoms with Gasteiger partial charge >= 0.3 is 0 Å². The van der Waals surface area contributed by atoms with Crippen molar-refractivity contribution in [3.63, 3.8) is 0 Å². The fourth-order valence-electron chi connectivity index (χ4n) is 3.41. The Morgan fingerprint density at radius 2 is 1.94 bits per heavy atom. The molecule has 1 aliphatic heterocycles. The molecule has 1 amide bonds. The summed E-state index contributed by atoms with van der Waals surface area (Å²) in [5.41, 5.74) is 8.98. The first-order chi connectivity index (χ1) is 15.6. The molecule has 1 aliphatic rings. The molecule has 1 fully saturated rings. The lowest BCUT2D eigenvalue weighted by molar-refractivity contribution is -0.0508. The zero-order valence-corrected chi connectivity index (χ0v) is 17.9. The van der Waals surface area contributed by atoms with Gasteiger partial charge in [0.05, 0.1) is 36.6 Å². The predicted molar refractivity (Wildman–Crippen MR) is 124 cm³/mol. The molecule has 1 aromatic heterocycles. The summed E-state index contributed by atoms with van der Waals surface area (Å²) in [7, 11) is 0. The number of halogens is 1. The molecule has 4 rings (SSSR count). The highest BCUT2D eigenvalue weighted by molar-refractivity contribution is 6.32. The van der Waals surface area contributed by atoms with E-state index in [2.05, 4.69) is 4.98 Å². The van der Waals surface area contributed by atoms with Crippen LogP contribution in [0.3, 0.4) is 0 Å². The van der Waals surface area contributed by atoms with Crippen LogP contribution in [0.4, 0.5) is 0 Å². The number of amides is 1. The van der Waals surface area contributed by atoms with E-state index in [1.165, 1.54) is 0 Å². The smallest absolute Gasteiger partial charge is 0.251 e. The van der Waals surface area contributed by atoms with Crippen molar-refractivity contribution in [3.05, 3.63) is 82.1 Å². The lowest BCUT2D eigenvalue weighted by Gasteiger charge is -2.26. The standard InChI is InChI=1S/C25H21ClN2O4/c26-21-10-19(12-29)23(32-15-16-13-31-14-16)11-18(21)6-7-22-24(25(27)30)20(8-9-28-22)17-4-2-1-3-5-17/h1-12,16H,13-15H2,(H2,27,30). The maximum absolute atomic E-state index is 12.3. The van der Waals surface area contributed by atoms with Gasteiger partial charge in [0.25, 0.3) is 5.91 Å². The van der Waals surface area contributed by atoms with Crippen molar-refractivity contribution in [3.8, 4) is 16.9 Å². The van der Waals surface area contributed by atoms with Gasteiger partial charge in [-0.25, -0.2) is 0 Å². The van der Waals surface area contributed by atoms with Crippen LogP contribution in [-0.2, 0) is 4.74 Å². The Labute approximate surface area is 190 Å². The van der Waals surface area contributed by atoms with Crippen LogP contribution in [0.2, 0.25) is 5.02 Å². The highest BCUT2D eigenvalue weighted by Crippen LogP contribution is 2.30. The summed E-state index contributed by atoms with van der Waals surface area (Å²) in [5.74, 6) is 0.176. The van der Waals surface area contributed by atoms with E-state index in [9.17, 15) is 9.59 Å². The van der Waals surface area contributed by atoms with Crippen molar-refractivity contribution in [2.24, 2.45) is 11.7 Å². The number of pyridine rings is 1.